The van der Waals surface area contributed by atoms with Crippen molar-refractivity contribution in [3.63, 3.8) is 0 Å². The molecule has 0 unspecified atom stereocenters. The minimum Gasteiger partial charge on any atom is -0.492 e. The minimum atomic E-state index is -0.490. The van der Waals surface area contributed by atoms with Gasteiger partial charge in [0.1, 0.15) is 11.6 Å². The molecule has 98 valence electrons. The van der Waals surface area contributed by atoms with Crippen molar-refractivity contribution in [2.24, 2.45) is 10.9 Å². The van der Waals surface area contributed by atoms with E-state index in [0.717, 1.165) is 0 Å². The first-order valence-corrected chi connectivity index (χ1v) is 5.87. The second-order valence-corrected chi connectivity index (χ2v) is 4.27. The summed E-state index contributed by atoms with van der Waals surface area (Å²) in [7, 11) is 0. The van der Waals surface area contributed by atoms with E-state index in [0.29, 0.717) is 29.7 Å². The van der Waals surface area contributed by atoms with Crippen molar-refractivity contribution in [3.8, 4) is 5.75 Å². The molecule has 0 spiro atoms. The Labute approximate surface area is 112 Å². The number of rotatable bonds is 6. The van der Waals surface area contributed by atoms with Crippen LogP contribution in [0.15, 0.2) is 27.8 Å². The molecule has 8 heteroatoms. The monoisotopic (exact) mass is 317 g/mol. The van der Waals surface area contributed by atoms with Crippen LogP contribution in [0, 0.1) is 10.1 Å². The quantitative estimate of drug-likeness (QED) is 0.209. The zero-order chi connectivity index (χ0) is 13.5. The van der Waals surface area contributed by atoms with E-state index in [4.69, 9.17) is 15.7 Å². The lowest BCUT2D eigenvalue weighted by molar-refractivity contribution is -0.385. The zero-order valence-corrected chi connectivity index (χ0v) is 11.0. The van der Waals surface area contributed by atoms with Crippen LogP contribution >= 0.6 is 15.9 Å². The third-order valence-corrected chi connectivity index (χ3v) is 2.74. The Balaban J connectivity index is 2.56. The van der Waals surface area contributed by atoms with E-state index in [1.54, 1.807) is 6.07 Å². The maximum atomic E-state index is 10.6. The molecule has 0 bridgehead atoms. The number of hydrogen-bond acceptors (Lipinski definition) is 5. The molecular weight excluding hydrogens is 306 g/mol. The Morgan fingerprint density at radius 1 is 1.61 bits per heavy atom. The lowest BCUT2D eigenvalue weighted by Gasteiger charge is -2.07. The molecule has 0 amide bonds. The predicted molar refractivity (Wildman–Crippen MR) is 68.9 cm³/mol. The highest BCUT2D eigenvalue weighted by atomic mass is 79.9. The van der Waals surface area contributed by atoms with E-state index in [2.05, 4.69) is 21.1 Å². The molecule has 18 heavy (non-hydrogen) atoms. The minimum absolute atomic E-state index is 0.0374. The third-order valence-electron chi connectivity index (χ3n) is 2.09. The summed E-state index contributed by atoms with van der Waals surface area (Å²) in [5, 5.41) is 21.8. The van der Waals surface area contributed by atoms with Crippen LogP contribution in [-0.4, -0.2) is 22.6 Å². The zero-order valence-electron chi connectivity index (χ0n) is 9.38. The highest BCUT2D eigenvalue weighted by molar-refractivity contribution is 9.10. The van der Waals surface area contributed by atoms with E-state index in [9.17, 15) is 10.1 Å². The maximum Gasteiger partial charge on any atom is 0.273 e. The molecule has 0 aliphatic heterocycles. The Morgan fingerprint density at radius 3 is 2.94 bits per heavy atom. The van der Waals surface area contributed by atoms with Crippen molar-refractivity contribution in [1.29, 1.82) is 0 Å². The van der Waals surface area contributed by atoms with Gasteiger partial charge in [-0.2, -0.15) is 0 Å². The number of nitrogens with two attached hydrogens (primary N) is 1. The number of nitro groups is 1. The summed E-state index contributed by atoms with van der Waals surface area (Å²) in [6, 6.07) is 4.28. The molecular formula is C10H12BrN3O4. The summed E-state index contributed by atoms with van der Waals surface area (Å²) in [4.78, 5) is 10.1. The summed E-state index contributed by atoms with van der Waals surface area (Å²) in [5.41, 5.74) is 5.25. The molecule has 1 aromatic carbocycles. The van der Waals surface area contributed by atoms with Gasteiger partial charge in [0, 0.05) is 12.5 Å². The van der Waals surface area contributed by atoms with Gasteiger partial charge in [-0.1, -0.05) is 5.16 Å². The molecule has 0 aromatic heterocycles. The van der Waals surface area contributed by atoms with E-state index < -0.39 is 4.92 Å². The van der Waals surface area contributed by atoms with Gasteiger partial charge in [-0.15, -0.1) is 0 Å². The summed E-state index contributed by atoms with van der Waals surface area (Å²) in [6.45, 7) is 0.315. The smallest absolute Gasteiger partial charge is 0.273 e. The average molecular weight is 318 g/mol. The molecule has 1 aromatic rings. The molecule has 7 nitrogen and oxygen atoms in total. The standard InChI is InChI=1S/C10H12BrN3O4/c11-8-4-3-7(14(16)17)6-9(8)18-5-1-2-10(12)13-15/h3-4,6,15H,1-2,5H2,(H2,12,13). The van der Waals surface area contributed by atoms with E-state index in [1.807, 2.05) is 0 Å². The van der Waals surface area contributed by atoms with Crippen molar-refractivity contribution in [2.45, 2.75) is 12.8 Å². The van der Waals surface area contributed by atoms with Crippen molar-refractivity contribution in [3.05, 3.63) is 32.8 Å². The van der Waals surface area contributed by atoms with E-state index in [1.165, 1.54) is 12.1 Å². The van der Waals surface area contributed by atoms with Crippen LogP contribution in [0.25, 0.3) is 0 Å². The summed E-state index contributed by atoms with van der Waals surface area (Å²) >= 11 is 3.24. The molecule has 1 rings (SSSR count). The van der Waals surface area contributed by atoms with Crippen LogP contribution in [0.5, 0.6) is 5.75 Å². The maximum absolute atomic E-state index is 10.6. The van der Waals surface area contributed by atoms with E-state index >= 15 is 0 Å². The lowest BCUT2D eigenvalue weighted by Crippen LogP contribution is -2.12. The van der Waals surface area contributed by atoms with Gasteiger partial charge in [-0.25, -0.2) is 0 Å². The van der Waals surface area contributed by atoms with Crippen molar-refractivity contribution in [1.82, 2.24) is 0 Å². The van der Waals surface area contributed by atoms with Crippen LogP contribution < -0.4 is 10.5 Å². The molecule has 0 atom stereocenters. The van der Waals surface area contributed by atoms with E-state index in [-0.39, 0.29) is 11.5 Å². The SMILES string of the molecule is N/C(CCCOc1cc([N+](=O)[O-])ccc1Br)=N/O. The Bertz CT molecular complexity index is 464. The van der Waals surface area contributed by atoms with Crippen molar-refractivity contribution >= 4 is 27.5 Å². The van der Waals surface area contributed by atoms with Crippen LogP contribution in [0.1, 0.15) is 12.8 Å². The number of non-ortho nitro benzene ring substituents is 1. The summed E-state index contributed by atoms with van der Waals surface area (Å²) < 4.78 is 6.02. The number of halogens is 1. The number of nitrogens with zero attached hydrogens (tertiary/aromatic N) is 2. The molecule has 3 N–H and O–H groups in total. The van der Waals surface area contributed by atoms with Gasteiger partial charge < -0.3 is 15.7 Å². The molecule has 0 saturated carbocycles. The van der Waals surface area contributed by atoms with Gasteiger partial charge in [0.25, 0.3) is 5.69 Å². The number of oxime groups is 1. The van der Waals surface area contributed by atoms with Crippen LogP contribution in [0.2, 0.25) is 0 Å². The summed E-state index contributed by atoms with van der Waals surface area (Å²) in [5.74, 6) is 0.514. The topological polar surface area (TPSA) is 111 Å². The molecule has 0 aliphatic rings. The predicted octanol–water partition coefficient (Wildman–Crippen LogP) is 2.26. The first-order valence-electron chi connectivity index (χ1n) is 5.07. The van der Waals surface area contributed by atoms with Crippen LogP contribution in [0.3, 0.4) is 0 Å². The Morgan fingerprint density at radius 2 is 2.33 bits per heavy atom. The average Bonchev–Trinajstić information content (AvgIpc) is 2.35. The highest BCUT2D eigenvalue weighted by Gasteiger charge is 2.10. The van der Waals surface area contributed by atoms with Gasteiger partial charge in [0.2, 0.25) is 0 Å². The number of hydrogen-bond donors (Lipinski definition) is 2. The lowest BCUT2D eigenvalue weighted by atomic mass is 10.3. The Hall–Kier alpha value is -1.83. The fraction of sp³-hybridized carbons (Fsp3) is 0.300. The molecule has 0 fully saturated rings. The number of benzene rings is 1. The van der Waals surface area contributed by atoms with Gasteiger partial charge >= 0.3 is 0 Å². The molecule has 0 radical (unpaired) electrons. The van der Waals surface area contributed by atoms with Gasteiger partial charge in [0.05, 0.1) is 22.1 Å². The number of ether oxygens (including phenoxy) is 1. The molecule has 0 saturated heterocycles. The second kappa shape index (κ2) is 6.80. The first kappa shape index (κ1) is 14.2. The molecule has 0 aliphatic carbocycles. The van der Waals surface area contributed by atoms with Crippen molar-refractivity contribution in [2.75, 3.05) is 6.61 Å². The van der Waals surface area contributed by atoms with Crippen molar-refractivity contribution < 1.29 is 14.9 Å². The van der Waals surface area contributed by atoms with Gasteiger partial charge in [-0.3, -0.25) is 10.1 Å². The van der Waals surface area contributed by atoms with Gasteiger partial charge in [-0.05, 0) is 28.4 Å². The van der Waals surface area contributed by atoms with Gasteiger partial charge in [0.15, 0.2) is 0 Å². The fourth-order valence-electron chi connectivity index (χ4n) is 1.20. The number of amidine groups is 1. The fourth-order valence-corrected chi connectivity index (χ4v) is 1.56. The highest BCUT2D eigenvalue weighted by Crippen LogP contribution is 2.29. The third kappa shape index (κ3) is 4.21. The largest absolute Gasteiger partial charge is 0.492 e. The van der Waals surface area contributed by atoms with Crippen LogP contribution in [-0.2, 0) is 0 Å². The first-order chi connectivity index (χ1) is 8.54. The number of nitro benzene ring substituents is 1. The Kier molecular flexibility index (Phi) is 5.37. The van der Waals surface area contributed by atoms with Crippen LogP contribution in [0.4, 0.5) is 5.69 Å². The second-order valence-electron chi connectivity index (χ2n) is 3.42. The molecule has 0 heterocycles. The normalized spacial score (nSPS) is 11.3. The summed E-state index contributed by atoms with van der Waals surface area (Å²) in [6.07, 6.45) is 0.939.